The molecule has 1 atom stereocenters. The monoisotopic (exact) mass is 460 g/mol. The second kappa shape index (κ2) is 9.09. The van der Waals surface area contributed by atoms with Crippen LogP contribution < -0.4 is 4.90 Å². The summed E-state index contributed by atoms with van der Waals surface area (Å²) in [5.41, 5.74) is 0.0806. The van der Waals surface area contributed by atoms with E-state index in [9.17, 15) is 35.9 Å². The zero-order valence-electron chi connectivity index (χ0n) is 16.5. The number of carbonyl (C=O) groups is 2. The van der Waals surface area contributed by atoms with Crippen molar-refractivity contribution >= 4 is 17.6 Å². The highest BCUT2D eigenvalue weighted by Gasteiger charge is 2.45. The fourth-order valence-electron chi connectivity index (χ4n) is 3.35. The first kappa shape index (κ1) is 23.4. The van der Waals surface area contributed by atoms with Crippen molar-refractivity contribution in [1.82, 2.24) is 5.06 Å². The number of halogens is 6. The molecule has 3 rings (SSSR count). The van der Waals surface area contributed by atoms with Gasteiger partial charge in [-0.1, -0.05) is 30.3 Å². The van der Waals surface area contributed by atoms with Crippen molar-refractivity contribution in [2.75, 3.05) is 18.0 Å². The van der Waals surface area contributed by atoms with Crippen molar-refractivity contribution in [3.8, 4) is 0 Å². The summed E-state index contributed by atoms with van der Waals surface area (Å²) in [5, 5.41) is 0.437. The highest BCUT2D eigenvalue weighted by Crippen LogP contribution is 2.32. The van der Waals surface area contributed by atoms with E-state index in [-0.39, 0.29) is 25.9 Å². The fourth-order valence-corrected chi connectivity index (χ4v) is 3.35. The van der Waals surface area contributed by atoms with E-state index in [2.05, 4.69) is 4.84 Å². The molecule has 1 heterocycles. The molecular weight excluding hydrogens is 442 g/mol. The Labute approximate surface area is 179 Å². The van der Waals surface area contributed by atoms with Crippen LogP contribution in [0.25, 0.3) is 0 Å². The van der Waals surface area contributed by atoms with Gasteiger partial charge in [0, 0.05) is 18.8 Å². The van der Waals surface area contributed by atoms with Gasteiger partial charge in [0.2, 0.25) is 0 Å². The van der Waals surface area contributed by atoms with Gasteiger partial charge in [-0.2, -0.15) is 31.4 Å². The Morgan fingerprint density at radius 1 is 0.969 bits per heavy atom. The molecule has 0 radical (unpaired) electrons. The first-order valence-corrected chi connectivity index (χ1v) is 9.52. The molecule has 0 aromatic heterocycles. The van der Waals surface area contributed by atoms with E-state index in [4.69, 9.17) is 0 Å². The van der Waals surface area contributed by atoms with Crippen LogP contribution in [-0.2, 0) is 27.0 Å². The van der Waals surface area contributed by atoms with Gasteiger partial charge in [0.25, 0.3) is 5.91 Å². The molecule has 1 fully saturated rings. The number of hydrogen-bond acceptors (Lipinski definition) is 4. The molecule has 1 saturated heterocycles. The Morgan fingerprint density at radius 3 is 2.16 bits per heavy atom. The lowest BCUT2D eigenvalue weighted by Crippen LogP contribution is -2.46. The van der Waals surface area contributed by atoms with E-state index < -0.39 is 35.8 Å². The summed E-state index contributed by atoms with van der Waals surface area (Å²) in [4.78, 5) is 30.1. The van der Waals surface area contributed by atoms with Gasteiger partial charge in [-0.3, -0.25) is 4.79 Å². The maximum atomic E-state index is 12.8. The van der Waals surface area contributed by atoms with Crippen molar-refractivity contribution in [3.63, 3.8) is 0 Å². The van der Waals surface area contributed by atoms with E-state index >= 15 is 0 Å². The van der Waals surface area contributed by atoms with Crippen LogP contribution >= 0.6 is 0 Å². The summed E-state index contributed by atoms with van der Waals surface area (Å²) >= 11 is 0. The number of benzene rings is 2. The van der Waals surface area contributed by atoms with E-state index in [1.165, 1.54) is 12.1 Å². The van der Waals surface area contributed by atoms with Crippen LogP contribution in [0.5, 0.6) is 0 Å². The maximum Gasteiger partial charge on any atom is 0.493 e. The van der Waals surface area contributed by atoms with E-state index in [1.807, 2.05) is 0 Å². The first-order chi connectivity index (χ1) is 14.9. The van der Waals surface area contributed by atoms with Gasteiger partial charge in [-0.15, -0.1) is 0 Å². The SMILES string of the molecule is O=C(Cc1ccccc1)N(OC(=O)C(F)(F)F)[C@@H]1CCN(c2ccc(C(F)(F)F)cc2)C1. The smallest absolute Gasteiger partial charge is 0.369 e. The van der Waals surface area contributed by atoms with Gasteiger partial charge in [0.1, 0.15) is 0 Å². The zero-order chi connectivity index (χ0) is 23.5. The van der Waals surface area contributed by atoms with Crippen LogP contribution in [-0.4, -0.2) is 42.2 Å². The molecule has 0 bridgehead atoms. The summed E-state index contributed by atoms with van der Waals surface area (Å²) in [6, 6.07) is 11.6. The second-order valence-electron chi connectivity index (χ2n) is 7.19. The van der Waals surface area contributed by atoms with Gasteiger partial charge < -0.3 is 9.74 Å². The quantitative estimate of drug-likeness (QED) is 0.502. The molecule has 0 unspecified atom stereocenters. The van der Waals surface area contributed by atoms with Crippen LogP contribution in [0.3, 0.4) is 0 Å². The van der Waals surface area contributed by atoms with Crippen LogP contribution in [0.2, 0.25) is 0 Å². The van der Waals surface area contributed by atoms with Gasteiger partial charge in [-0.25, -0.2) is 4.79 Å². The normalized spacial score (nSPS) is 16.7. The number of hydrogen-bond donors (Lipinski definition) is 0. The molecule has 2 aromatic rings. The highest BCUT2D eigenvalue weighted by molar-refractivity contribution is 5.82. The zero-order valence-corrected chi connectivity index (χ0v) is 16.5. The molecule has 0 N–H and O–H groups in total. The van der Waals surface area contributed by atoms with Crippen molar-refractivity contribution in [3.05, 3.63) is 65.7 Å². The van der Waals surface area contributed by atoms with Gasteiger partial charge in [-0.05, 0) is 36.2 Å². The molecule has 0 saturated carbocycles. The molecule has 11 heteroatoms. The Kier molecular flexibility index (Phi) is 6.65. The van der Waals surface area contributed by atoms with Crippen molar-refractivity contribution in [1.29, 1.82) is 0 Å². The topological polar surface area (TPSA) is 49.9 Å². The predicted molar refractivity (Wildman–Crippen MR) is 101 cm³/mol. The van der Waals surface area contributed by atoms with Crippen molar-refractivity contribution < 1.29 is 40.8 Å². The van der Waals surface area contributed by atoms with E-state index in [1.54, 1.807) is 35.2 Å². The average molecular weight is 460 g/mol. The molecular formula is C21H18F6N2O3. The number of hydroxylamine groups is 2. The standard InChI is InChI=1S/C21H18F6N2O3/c22-20(23,24)15-6-8-16(9-7-15)28-11-10-17(13-28)29(32-19(31)21(25,26)27)18(30)12-14-4-2-1-3-5-14/h1-9,17H,10-13H2/t17-/m1/s1. The molecule has 1 aliphatic rings. The summed E-state index contributed by atoms with van der Waals surface area (Å²) < 4.78 is 76.5. The predicted octanol–water partition coefficient (Wildman–Crippen LogP) is 4.38. The number of nitrogens with zero attached hydrogens (tertiary/aromatic N) is 2. The molecule has 172 valence electrons. The average Bonchev–Trinajstić information content (AvgIpc) is 3.21. The lowest BCUT2D eigenvalue weighted by molar-refractivity contribution is -0.242. The largest absolute Gasteiger partial charge is 0.493 e. The molecule has 1 aliphatic heterocycles. The Hall–Kier alpha value is -3.24. The Morgan fingerprint density at radius 2 is 1.59 bits per heavy atom. The van der Waals surface area contributed by atoms with Gasteiger partial charge >= 0.3 is 18.3 Å². The molecule has 0 aliphatic carbocycles. The number of alkyl halides is 6. The summed E-state index contributed by atoms with van der Waals surface area (Å²) in [5.74, 6) is -3.36. The van der Waals surface area contributed by atoms with Crippen molar-refractivity contribution in [2.24, 2.45) is 0 Å². The molecule has 2 aromatic carbocycles. The highest BCUT2D eigenvalue weighted by atomic mass is 19.4. The third-order valence-electron chi connectivity index (χ3n) is 4.91. The Balaban J connectivity index is 1.76. The number of amides is 1. The minimum atomic E-state index is -5.29. The minimum absolute atomic E-state index is 0.0168. The van der Waals surface area contributed by atoms with Crippen LogP contribution in [0, 0.1) is 0 Å². The third-order valence-corrected chi connectivity index (χ3v) is 4.91. The molecule has 0 spiro atoms. The molecule has 32 heavy (non-hydrogen) atoms. The summed E-state index contributed by atoms with van der Waals surface area (Å²) in [7, 11) is 0. The number of anilines is 1. The third kappa shape index (κ3) is 5.71. The van der Waals surface area contributed by atoms with Crippen LogP contribution in [0.15, 0.2) is 54.6 Å². The number of rotatable bonds is 4. The van der Waals surface area contributed by atoms with E-state index in [0.29, 0.717) is 16.3 Å². The van der Waals surface area contributed by atoms with Gasteiger partial charge in [0.15, 0.2) is 0 Å². The Bertz CT molecular complexity index is 945. The molecule has 5 nitrogen and oxygen atoms in total. The first-order valence-electron chi connectivity index (χ1n) is 9.52. The lowest BCUT2D eigenvalue weighted by Gasteiger charge is -2.28. The summed E-state index contributed by atoms with van der Waals surface area (Å²) in [6.07, 6.45) is -9.93. The molecule has 1 amide bonds. The fraction of sp³-hybridized carbons (Fsp3) is 0.333. The number of carbonyl (C=O) groups excluding carboxylic acids is 2. The lowest BCUT2D eigenvalue weighted by atomic mass is 10.1. The van der Waals surface area contributed by atoms with Crippen LogP contribution in [0.4, 0.5) is 32.0 Å². The van der Waals surface area contributed by atoms with Crippen molar-refractivity contribution in [2.45, 2.75) is 31.2 Å². The maximum absolute atomic E-state index is 12.8. The minimum Gasteiger partial charge on any atom is -0.369 e. The second-order valence-corrected chi connectivity index (χ2v) is 7.19. The van der Waals surface area contributed by atoms with Crippen LogP contribution in [0.1, 0.15) is 17.5 Å². The van der Waals surface area contributed by atoms with Gasteiger partial charge in [0.05, 0.1) is 18.0 Å². The summed E-state index contributed by atoms with van der Waals surface area (Å²) in [6.45, 7) is 0.228. The van der Waals surface area contributed by atoms with E-state index in [0.717, 1.165) is 12.1 Å².